The molecule has 4 nitrogen and oxygen atoms in total. The standard InChI is InChI=1S/C42H48N3O.Pt/c1-27-22-32(42(9,10)11)23-28(2)39(27)45(38-17-13-16-35(44-38)36-26-31(20-21-43-36)41(6,7)8)33-15-12-14-29(24-33)34-25-30(40(3,4)5)18-19-37(34)46;/h12-23,25-26,46H,1-11H3;/q-1;. The zero-order valence-electron chi connectivity index (χ0n) is 29.7. The number of rotatable bonds is 5. The molecule has 0 aliphatic heterocycles. The molecule has 0 aliphatic rings. The predicted molar refractivity (Wildman–Crippen MR) is 194 cm³/mol. The molecule has 5 rings (SSSR count). The maximum atomic E-state index is 11.0. The van der Waals surface area contributed by atoms with Crippen molar-refractivity contribution in [3.8, 4) is 28.3 Å². The first-order valence-corrected chi connectivity index (χ1v) is 16.2. The molecule has 1 N–H and O–H groups in total. The fourth-order valence-corrected chi connectivity index (χ4v) is 5.79. The summed E-state index contributed by atoms with van der Waals surface area (Å²) < 4.78 is 0. The molecule has 248 valence electrons. The Bertz CT molecular complexity index is 1870. The summed E-state index contributed by atoms with van der Waals surface area (Å²) in [5, 5.41) is 11.0. The van der Waals surface area contributed by atoms with Gasteiger partial charge in [-0.15, -0.1) is 29.8 Å². The van der Waals surface area contributed by atoms with Crippen LogP contribution >= 0.6 is 0 Å². The third kappa shape index (κ3) is 7.87. The van der Waals surface area contributed by atoms with E-state index in [0.29, 0.717) is 0 Å². The van der Waals surface area contributed by atoms with Gasteiger partial charge in [-0.05, 0) is 88.4 Å². The van der Waals surface area contributed by atoms with Crippen LogP contribution in [0.4, 0.5) is 17.2 Å². The van der Waals surface area contributed by atoms with Crippen LogP contribution in [-0.2, 0) is 37.3 Å². The van der Waals surface area contributed by atoms with Gasteiger partial charge in [-0.3, -0.25) is 4.98 Å². The van der Waals surface area contributed by atoms with Crippen LogP contribution in [0.15, 0.2) is 85.1 Å². The van der Waals surface area contributed by atoms with Crippen molar-refractivity contribution in [2.75, 3.05) is 4.90 Å². The van der Waals surface area contributed by atoms with Crippen molar-refractivity contribution in [2.45, 2.75) is 92.4 Å². The number of phenols is 1. The molecule has 0 fully saturated rings. The number of hydrogen-bond acceptors (Lipinski definition) is 4. The van der Waals surface area contributed by atoms with Gasteiger partial charge in [-0.25, -0.2) is 4.98 Å². The van der Waals surface area contributed by atoms with Gasteiger partial charge in [0.15, 0.2) is 0 Å². The Balaban J connectivity index is 0.00000500. The van der Waals surface area contributed by atoms with E-state index >= 15 is 0 Å². The van der Waals surface area contributed by atoms with Crippen LogP contribution < -0.4 is 4.90 Å². The number of aromatic hydroxyl groups is 1. The summed E-state index contributed by atoms with van der Waals surface area (Å²) in [4.78, 5) is 12.1. The molecule has 2 aromatic heterocycles. The van der Waals surface area contributed by atoms with E-state index in [1.54, 1.807) is 6.07 Å². The summed E-state index contributed by atoms with van der Waals surface area (Å²) in [6.45, 7) is 24.3. The van der Waals surface area contributed by atoms with Gasteiger partial charge in [0.1, 0.15) is 5.82 Å². The Kier molecular flexibility index (Phi) is 10.3. The quantitative estimate of drug-likeness (QED) is 0.180. The molecular formula is C42H48N3OPt-. The molecule has 5 aromatic rings. The number of benzene rings is 3. The molecular weight excluding hydrogens is 758 g/mol. The van der Waals surface area contributed by atoms with Gasteiger partial charge in [0.25, 0.3) is 0 Å². The van der Waals surface area contributed by atoms with E-state index in [-0.39, 0.29) is 43.1 Å². The molecule has 0 saturated carbocycles. The summed E-state index contributed by atoms with van der Waals surface area (Å²) in [5.41, 5.74) is 11.1. The number of phenolic OH excluding ortho intramolecular Hbond substituents is 1. The van der Waals surface area contributed by atoms with Crippen molar-refractivity contribution < 1.29 is 26.2 Å². The normalized spacial score (nSPS) is 12.1. The molecule has 2 heterocycles. The van der Waals surface area contributed by atoms with Crippen molar-refractivity contribution in [2.24, 2.45) is 0 Å². The summed E-state index contributed by atoms with van der Waals surface area (Å²) in [7, 11) is 0. The number of aryl methyl sites for hydroxylation is 2. The molecule has 0 atom stereocenters. The van der Waals surface area contributed by atoms with Gasteiger partial charge >= 0.3 is 0 Å². The van der Waals surface area contributed by atoms with Crippen molar-refractivity contribution in [1.29, 1.82) is 0 Å². The molecule has 0 spiro atoms. The Morgan fingerprint density at radius 2 is 1.23 bits per heavy atom. The van der Waals surface area contributed by atoms with Crippen LogP contribution in [0.5, 0.6) is 5.75 Å². The Morgan fingerprint density at radius 1 is 0.638 bits per heavy atom. The van der Waals surface area contributed by atoms with Crippen molar-refractivity contribution in [1.82, 2.24) is 9.97 Å². The smallest absolute Gasteiger partial charge is 0.136 e. The Hall–Kier alpha value is -3.75. The second-order valence-corrected chi connectivity index (χ2v) is 15.5. The van der Waals surface area contributed by atoms with E-state index in [2.05, 4.69) is 124 Å². The number of aromatic nitrogens is 2. The number of nitrogens with zero attached hydrogens (tertiary/aromatic N) is 3. The molecule has 47 heavy (non-hydrogen) atoms. The number of hydrogen-bond donors (Lipinski definition) is 1. The minimum atomic E-state index is -0.0577. The predicted octanol–water partition coefficient (Wildman–Crippen LogP) is 11.3. The average Bonchev–Trinajstić information content (AvgIpc) is 2.98. The molecule has 3 aromatic carbocycles. The van der Waals surface area contributed by atoms with E-state index in [0.717, 1.165) is 56.4 Å². The Morgan fingerprint density at radius 3 is 1.85 bits per heavy atom. The molecule has 0 saturated heterocycles. The second kappa shape index (κ2) is 13.4. The van der Waals surface area contributed by atoms with E-state index in [1.165, 1.54) is 11.1 Å². The van der Waals surface area contributed by atoms with Gasteiger partial charge in [0.05, 0.1) is 22.8 Å². The van der Waals surface area contributed by atoms with Gasteiger partial charge < -0.3 is 10.0 Å². The minimum absolute atomic E-state index is 0. The van der Waals surface area contributed by atoms with Crippen LogP contribution in [0.1, 0.15) is 90.1 Å². The zero-order valence-corrected chi connectivity index (χ0v) is 32.0. The van der Waals surface area contributed by atoms with Crippen LogP contribution in [0.25, 0.3) is 22.5 Å². The molecule has 0 bridgehead atoms. The van der Waals surface area contributed by atoms with Crippen molar-refractivity contribution in [3.05, 3.63) is 119 Å². The van der Waals surface area contributed by atoms with Gasteiger partial charge in [-0.2, -0.15) is 0 Å². The first-order chi connectivity index (χ1) is 21.4. The molecule has 5 heteroatoms. The first-order valence-electron chi connectivity index (χ1n) is 16.2. The molecule has 0 amide bonds. The van der Waals surface area contributed by atoms with Gasteiger partial charge in [0, 0.05) is 27.3 Å². The third-order valence-corrected chi connectivity index (χ3v) is 8.61. The largest absolute Gasteiger partial charge is 0.517 e. The fraction of sp³-hybridized carbons (Fsp3) is 0.333. The molecule has 0 aliphatic carbocycles. The third-order valence-electron chi connectivity index (χ3n) is 8.61. The minimum Gasteiger partial charge on any atom is -0.517 e. The van der Waals surface area contributed by atoms with E-state index < -0.39 is 0 Å². The Labute approximate surface area is 296 Å². The molecule has 0 radical (unpaired) electrons. The van der Waals surface area contributed by atoms with Crippen LogP contribution in [-0.4, -0.2) is 15.1 Å². The van der Waals surface area contributed by atoms with E-state index in [1.807, 2.05) is 42.6 Å². The van der Waals surface area contributed by atoms with Crippen LogP contribution in [0.2, 0.25) is 0 Å². The summed E-state index contributed by atoms with van der Waals surface area (Å²) in [6, 6.07) is 30.6. The topological polar surface area (TPSA) is 49.2 Å². The molecule has 0 unspecified atom stereocenters. The summed E-state index contributed by atoms with van der Waals surface area (Å²) in [5.74, 6) is 1.01. The second-order valence-electron chi connectivity index (χ2n) is 15.5. The summed E-state index contributed by atoms with van der Waals surface area (Å²) in [6.07, 6.45) is 1.87. The van der Waals surface area contributed by atoms with Gasteiger partial charge in [0.2, 0.25) is 0 Å². The maximum Gasteiger partial charge on any atom is 0.136 e. The first kappa shape index (κ1) is 36.1. The summed E-state index contributed by atoms with van der Waals surface area (Å²) >= 11 is 0. The van der Waals surface area contributed by atoms with Crippen molar-refractivity contribution in [3.63, 3.8) is 0 Å². The maximum absolute atomic E-state index is 11.0. The average molecular weight is 806 g/mol. The van der Waals surface area contributed by atoms with E-state index in [4.69, 9.17) is 9.97 Å². The number of pyridine rings is 2. The van der Waals surface area contributed by atoms with Crippen LogP contribution in [0, 0.1) is 19.9 Å². The zero-order chi connectivity index (χ0) is 33.6. The van der Waals surface area contributed by atoms with Gasteiger partial charge in [-0.1, -0.05) is 104 Å². The number of anilines is 3. The van der Waals surface area contributed by atoms with Crippen molar-refractivity contribution >= 4 is 17.2 Å². The van der Waals surface area contributed by atoms with Crippen LogP contribution in [0.3, 0.4) is 0 Å². The van der Waals surface area contributed by atoms with E-state index in [9.17, 15) is 5.11 Å². The SMILES string of the molecule is Cc1cc(C(C)(C)C)cc(C)c1N(c1[c-]c(-c2cc(C(C)(C)C)ccc2O)ccc1)c1cccc(-c2cc(C(C)(C)C)ccn2)n1.[Pt]. The fourth-order valence-electron chi connectivity index (χ4n) is 5.79. The monoisotopic (exact) mass is 805 g/mol.